The van der Waals surface area contributed by atoms with E-state index in [1.807, 2.05) is 0 Å². The van der Waals surface area contributed by atoms with E-state index in [1.165, 1.54) is 16.3 Å². The number of thiophene rings is 1. The molecule has 0 bridgehead atoms. The van der Waals surface area contributed by atoms with Gasteiger partial charge in [0.15, 0.2) is 0 Å². The third-order valence-electron chi connectivity index (χ3n) is 3.54. The van der Waals surface area contributed by atoms with Gasteiger partial charge in [0.05, 0.1) is 5.41 Å². The van der Waals surface area contributed by atoms with Crippen molar-refractivity contribution in [1.29, 1.82) is 0 Å². The summed E-state index contributed by atoms with van der Waals surface area (Å²) in [5.41, 5.74) is -1.01. The average molecular weight is 319 g/mol. The largest absolute Gasteiger partial charge is 0.481 e. The maximum absolute atomic E-state index is 12.4. The van der Waals surface area contributed by atoms with Gasteiger partial charge in [0.2, 0.25) is 0 Å². The number of rotatable bonds is 4. The minimum atomic E-state index is -3.00. The van der Waals surface area contributed by atoms with Gasteiger partial charge in [-0.3, -0.25) is 9.59 Å². The number of nitrogens with zero attached hydrogens (tertiary/aromatic N) is 1. The lowest BCUT2D eigenvalue weighted by atomic mass is 9.82. The summed E-state index contributed by atoms with van der Waals surface area (Å²) in [4.78, 5) is 25.1. The van der Waals surface area contributed by atoms with Crippen LogP contribution in [0.15, 0.2) is 11.4 Å². The molecule has 0 saturated carbocycles. The van der Waals surface area contributed by atoms with Crippen molar-refractivity contribution in [2.24, 2.45) is 5.41 Å². The van der Waals surface area contributed by atoms with Crippen molar-refractivity contribution in [3.63, 3.8) is 0 Å². The Morgan fingerprint density at radius 2 is 2.24 bits per heavy atom. The first-order chi connectivity index (χ1) is 9.83. The van der Waals surface area contributed by atoms with E-state index < -0.39 is 23.9 Å². The highest BCUT2D eigenvalue weighted by Gasteiger charge is 2.40. The minimum absolute atomic E-state index is 0.0627. The monoisotopic (exact) mass is 319 g/mol. The molecule has 0 spiro atoms. The van der Waals surface area contributed by atoms with Gasteiger partial charge in [-0.05, 0) is 31.2 Å². The third kappa shape index (κ3) is 3.31. The number of carboxylic acids is 1. The Hall–Kier alpha value is -1.70. The number of hydrogen-bond donors (Lipinski definition) is 1. The van der Waals surface area contributed by atoms with Gasteiger partial charge in [-0.1, -0.05) is 0 Å². The summed E-state index contributed by atoms with van der Waals surface area (Å²) in [6.45, 7) is -0.947. The Morgan fingerprint density at radius 3 is 2.86 bits per heavy atom. The summed E-state index contributed by atoms with van der Waals surface area (Å²) in [6, 6.07) is 1.31. The Bertz CT molecular complexity index is 548. The van der Waals surface area contributed by atoms with Gasteiger partial charge in [0, 0.05) is 13.1 Å². The number of aliphatic carboxylic acids is 1. The fourth-order valence-corrected chi connectivity index (χ4v) is 3.16. The van der Waals surface area contributed by atoms with Gasteiger partial charge in [-0.15, -0.1) is 11.3 Å². The van der Waals surface area contributed by atoms with Crippen molar-refractivity contribution in [2.75, 3.05) is 13.1 Å². The van der Waals surface area contributed by atoms with Crippen LogP contribution in [0.5, 0.6) is 5.75 Å². The van der Waals surface area contributed by atoms with E-state index in [4.69, 9.17) is 0 Å². The fraction of sp³-hybridized carbons (Fsp3) is 0.538. The minimum Gasteiger partial charge on any atom is -0.481 e. The van der Waals surface area contributed by atoms with Crippen molar-refractivity contribution < 1.29 is 28.2 Å². The first-order valence-electron chi connectivity index (χ1n) is 6.38. The molecule has 1 atom stereocenters. The zero-order valence-electron chi connectivity index (χ0n) is 11.3. The number of carboxylic acid groups (broad SMARTS) is 1. The summed E-state index contributed by atoms with van der Waals surface area (Å²) in [7, 11) is 0. The van der Waals surface area contributed by atoms with Crippen LogP contribution in [-0.2, 0) is 4.79 Å². The number of alkyl halides is 2. The SMILES string of the molecule is CC1(C(=O)O)CCCN(C(=O)c2sccc2OC(F)F)C1. The van der Waals surface area contributed by atoms with Crippen LogP contribution >= 0.6 is 11.3 Å². The van der Waals surface area contributed by atoms with Crippen LogP contribution < -0.4 is 4.74 Å². The van der Waals surface area contributed by atoms with E-state index in [0.717, 1.165) is 11.3 Å². The van der Waals surface area contributed by atoms with Gasteiger partial charge >= 0.3 is 12.6 Å². The third-order valence-corrected chi connectivity index (χ3v) is 4.42. The molecule has 0 radical (unpaired) electrons. The van der Waals surface area contributed by atoms with Crippen molar-refractivity contribution in [1.82, 2.24) is 4.90 Å². The van der Waals surface area contributed by atoms with Crippen molar-refractivity contribution in [3.05, 3.63) is 16.3 Å². The molecule has 1 aromatic heterocycles. The lowest BCUT2D eigenvalue weighted by Gasteiger charge is -2.37. The van der Waals surface area contributed by atoms with Crippen LogP contribution in [-0.4, -0.2) is 41.6 Å². The summed E-state index contributed by atoms with van der Waals surface area (Å²) in [5, 5.41) is 10.7. The number of piperidine rings is 1. The molecule has 1 saturated heterocycles. The Morgan fingerprint density at radius 1 is 1.52 bits per heavy atom. The molecular formula is C13H15F2NO4S. The molecule has 1 aromatic rings. The molecule has 21 heavy (non-hydrogen) atoms. The number of halogens is 2. The van der Waals surface area contributed by atoms with Crippen LogP contribution in [0.4, 0.5) is 8.78 Å². The number of carbonyl (C=O) groups is 2. The molecular weight excluding hydrogens is 304 g/mol. The van der Waals surface area contributed by atoms with Gasteiger partial charge in [-0.25, -0.2) is 0 Å². The van der Waals surface area contributed by atoms with Gasteiger partial charge in [0.25, 0.3) is 5.91 Å². The number of ether oxygens (including phenoxy) is 1. The Balaban J connectivity index is 2.17. The zero-order valence-corrected chi connectivity index (χ0v) is 12.2. The topological polar surface area (TPSA) is 66.8 Å². The summed E-state index contributed by atoms with van der Waals surface area (Å²) in [5.74, 6) is -1.59. The molecule has 116 valence electrons. The maximum Gasteiger partial charge on any atom is 0.387 e. The first kappa shape index (κ1) is 15.7. The number of hydrogen-bond acceptors (Lipinski definition) is 4. The lowest BCUT2D eigenvalue weighted by molar-refractivity contribution is -0.150. The highest BCUT2D eigenvalue weighted by Crippen LogP contribution is 2.33. The number of likely N-dealkylation sites (tertiary alicyclic amines) is 1. The second-order valence-corrected chi connectivity index (χ2v) is 6.10. The maximum atomic E-state index is 12.4. The molecule has 1 amide bonds. The second kappa shape index (κ2) is 5.97. The predicted octanol–water partition coefficient (Wildman–Crippen LogP) is 2.68. The molecule has 0 aromatic carbocycles. The van der Waals surface area contributed by atoms with Crippen molar-refractivity contribution in [3.8, 4) is 5.75 Å². The van der Waals surface area contributed by atoms with E-state index >= 15 is 0 Å². The van der Waals surface area contributed by atoms with E-state index in [9.17, 15) is 23.5 Å². The van der Waals surface area contributed by atoms with E-state index in [1.54, 1.807) is 6.92 Å². The Kier molecular flexibility index (Phi) is 4.46. The van der Waals surface area contributed by atoms with E-state index in [2.05, 4.69) is 4.74 Å². The molecule has 1 aliphatic heterocycles. The summed E-state index contributed by atoms with van der Waals surface area (Å²) < 4.78 is 28.9. The smallest absolute Gasteiger partial charge is 0.387 e. The zero-order chi connectivity index (χ0) is 15.6. The van der Waals surface area contributed by atoms with Crippen LogP contribution in [0.2, 0.25) is 0 Å². The van der Waals surface area contributed by atoms with Crippen LogP contribution in [0.3, 0.4) is 0 Å². The molecule has 1 unspecified atom stereocenters. The lowest BCUT2D eigenvalue weighted by Crippen LogP contribution is -2.48. The number of amides is 1. The summed E-state index contributed by atoms with van der Waals surface area (Å²) in [6.07, 6.45) is 1.04. The van der Waals surface area contributed by atoms with Gasteiger partial charge in [-0.2, -0.15) is 8.78 Å². The summed E-state index contributed by atoms with van der Waals surface area (Å²) >= 11 is 1.00. The van der Waals surface area contributed by atoms with Crippen molar-refractivity contribution in [2.45, 2.75) is 26.4 Å². The molecule has 1 N–H and O–H groups in total. The molecule has 1 fully saturated rings. The molecule has 5 nitrogen and oxygen atoms in total. The fourth-order valence-electron chi connectivity index (χ4n) is 2.37. The van der Waals surface area contributed by atoms with Crippen LogP contribution in [0, 0.1) is 5.41 Å². The van der Waals surface area contributed by atoms with Crippen molar-refractivity contribution >= 4 is 23.2 Å². The molecule has 8 heteroatoms. The van der Waals surface area contributed by atoms with Crippen LogP contribution in [0.1, 0.15) is 29.4 Å². The van der Waals surface area contributed by atoms with E-state index in [0.29, 0.717) is 19.4 Å². The number of carbonyl (C=O) groups excluding carboxylic acids is 1. The molecule has 1 aliphatic rings. The molecule has 0 aliphatic carbocycles. The normalized spacial score (nSPS) is 22.4. The highest BCUT2D eigenvalue weighted by atomic mass is 32.1. The highest BCUT2D eigenvalue weighted by molar-refractivity contribution is 7.12. The van der Waals surface area contributed by atoms with Crippen LogP contribution in [0.25, 0.3) is 0 Å². The average Bonchev–Trinajstić information content (AvgIpc) is 2.85. The van der Waals surface area contributed by atoms with Gasteiger partial charge < -0.3 is 14.7 Å². The van der Waals surface area contributed by atoms with Gasteiger partial charge in [0.1, 0.15) is 10.6 Å². The molecule has 2 rings (SSSR count). The Labute approximate surface area is 124 Å². The first-order valence-corrected chi connectivity index (χ1v) is 7.26. The standard InChI is InChI=1S/C13H15F2NO4S/c1-13(11(18)19)4-2-5-16(7-13)10(17)9-8(3-6-21-9)20-12(14)15/h3,6,12H,2,4-5,7H2,1H3,(H,18,19). The quantitative estimate of drug-likeness (QED) is 0.926. The second-order valence-electron chi connectivity index (χ2n) is 5.19. The predicted molar refractivity (Wildman–Crippen MR) is 71.8 cm³/mol. The molecule has 2 heterocycles. The van der Waals surface area contributed by atoms with E-state index in [-0.39, 0.29) is 17.2 Å².